The number of nitrogens with one attached hydrogen (secondary N) is 1. The lowest BCUT2D eigenvalue weighted by Crippen LogP contribution is -2.25. The number of aromatic nitrogens is 3. The van der Waals surface area contributed by atoms with Crippen molar-refractivity contribution >= 4 is 11.7 Å². The average molecular weight is 335 g/mol. The molecule has 7 heteroatoms. The molecule has 0 bridgehead atoms. The Kier molecular flexibility index (Phi) is 4.84. The Hall–Kier alpha value is -3.48. The van der Waals surface area contributed by atoms with Gasteiger partial charge in [0.25, 0.3) is 0 Å². The molecule has 0 aliphatic rings. The number of hydrazone groups is 1. The van der Waals surface area contributed by atoms with Gasteiger partial charge < -0.3 is 4.74 Å². The van der Waals surface area contributed by atoms with Crippen molar-refractivity contribution in [1.29, 1.82) is 0 Å². The van der Waals surface area contributed by atoms with E-state index in [9.17, 15) is 4.79 Å². The second-order valence-electron chi connectivity index (χ2n) is 5.30. The molecule has 25 heavy (non-hydrogen) atoms. The van der Waals surface area contributed by atoms with E-state index in [4.69, 9.17) is 4.74 Å². The minimum absolute atomic E-state index is 0.136. The molecule has 7 nitrogen and oxygen atoms in total. The van der Waals surface area contributed by atoms with Gasteiger partial charge in [0.2, 0.25) is 0 Å². The Labute approximate surface area is 144 Å². The van der Waals surface area contributed by atoms with Gasteiger partial charge in [-0.3, -0.25) is 0 Å². The van der Waals surface area contributed by atoms with Gasteiger partial charge in [-0.1, -0.05) is 48.5 Å². The summed E-state index contributed by atoms with van der Waals surface area (Å²) < 4.78 is 5.40. The molecule has 1 aromatic heterocycles. The number of rotatable bonds is 5. The van der Waals surface area contributed by atoms with E-state index in [1.807, 2.05) is 38.1 Å². The Morgan fingerprint density at radius 2 is 1.68 bits per heavy atom. The summed E-state index contributed by atoms with van der Waals surface area (Å²) in [5.41, 5.74) is 5.07. The topological polar surface area (TPSA) is 81.4 Å². The van der Waals surface area contributed by atoms with Gasteiger partial charge in [-0.2, -0.15) is 10.6 Å². The highest BCUT2D eigenvalue weighted by molar-refractivity contribution is 6.43. The molecule has 0 aliphatic carbocycles. The SMILES string of the molecule is Cc1nnn(NN=C(C(=O)Oc2ccccc2)c2ccccc2)c1C. The van der Waals surface area contributed by atoms with Crippen molar-refractivity contribution in [3.8, 4) is 5.75 Å². The van der Waals surface area contributed by atoms with Crippen molar-refractivity contribution in [1.82, 2.24) is 15.1 Å². The lowest BCUT2D eigenvalue weighted by Gasteiger charge is -2.08. The summed E-state index contributed by atoms with van der Waals surface area (Å²) in [6.45, 7) is 3.69. The number of esters is 1. The maximum Gasteiger partial charge on any atom is 0.364 e. The molecule has 126 valence electrons. The van der Waals surface area contributed by atoms with Crippen LogP contribution in [0.15, 0.2) is 65.8 Å². The minimum atomic E-state index is -0.570. The van der Waals surface area contributed by atoms with E-state index >= 15 is 0 Å². The van der Waals surface area contributed by atoms with Crippen LogP contribution < -0.4 is 10.3 Å². The summed E-state index contributed by atoms with van der Waals surface area (Å²) in [4.78, 5) is 14.0. The van der Waals surface area contributed by atoms with Gasteiger partial charge >= 0.3 is 5.97 Å². The number of benzene rings is 2. The minimum Gasteiger partial charge on any atom is -0.422 e. The standard InChI is InChI=1S/C18H17N5O2/c1-13-14(2)23(21-19-13)22-20-17(15-9-5-3-6-10-15)18(24)25-16-11-7-4-8-12-16/h3-12,22H,1-2H3. The van der Waals surface area contributed by atoms with Crippen molar-refractivity contribution in [2.45, 2.75) is 13.8 Å². The first-order valence-electron chi connectivity index (χ1n) is 7.70. The first-order chi connectivity index (χ1) is 12.1. The van der Waals surface area contributed by atoms with Crippen molar-refractivity contribution < 1.29 is 9.53 Å². The van der Waals surface area contributed by atoms with Crippen molar-refractivity contribution in [2.75, 3.05) is 5.53 Å². The van der Waals surface area contributed by atoms with E-state index < -0.39 is 5.97 Å². The highest BCUT2D eigenvalue weighted by Gasteiger charge is 2.17. The van der Waals surface area contributed by atoms with Crippen LogP contribution in [0.5, 0.6) is 5.75 Å². The van der Waals surface area contributed by atoms with Gasteiger partial charge in [0.15, 0.2) is 5.71 Å². The fourth-order valence-electron chi connectivity index (χ4n) is 2.06. The fraction of sp³-hybridized carbons (Fsp3) is 0.111. The monoisotopic (exact) mass is 335 g/mol. The second kappa shape index (κ2) is 7.39. The molecule has 0 saturated carbocycles. The van der Waals surface area contributed by atoms with E-state index in [1.54, 1.807) is 36.4 Å². The van der Waals surface area contributed by atoms with Gasteiger partial charge in [0, 0.05) is 5.56 Å². The molecule has 0 fully saturated rings. The van der Waals surface area contributed by atoms with Gasteiger partial charge in [-0.25, -0.2) is 4.79 Å². The Balaban J connectivity index is 1.88. The number of carbonyl (C=O) groups is 1. The zero-order chi connectivity index (χ0) is 17.6. The molecule has 3 aromatic rings. The van der Waals surface area contributed by atoms with Gasteiger partial charge in [-0.05, 0) is 31.2 Å². The zero-order valence-corrected chi connectivity index (χ0v) is 13.9. The van der Waals surface area contributed by atoms with Gasteiger partial charge in [-0.15, -0.1) is 9.89 Å². The highest BCUT2D eigenvalue weighted by Crippen LogP contribution is 2.11. The number of nitrogens with zero attached hydrogens (tertiary/aromatic N) is 4. The molecule has 0 radical (unpaired) electrons. The normalized spacial score (nSPS) is 11.2. The van der Waals surface area contributed by atoms with Crippen LogP contribution >= 0.6 is 0 Å². The lowest BCUT2D eigenvalue weighted by atomic mass is 10.1. The number of hydrogen-bond donors (Lipinski definition) is 1. The molecule has 2 aromatic carbocycles. The number of aryl methyl sites for hydroxylation is 1. The third-order valence-corrected chi connectivity index (χ3v) is 3.58. The molecule has 1 heterocycles. The third-order valence-electron chi connectivity index (χ3n) is 3.58. The second-order valence-corrected chi connectivity index (χ2v) is 5.30. The summed E-state index contributed by atoms with van der Waals surface area (Å²) in [7, 11) is 0. The molecule has 0 spiro atoms. The fourth-order valence-corrected chi connectivity index (χ4v) is 2.06. The summed E-state index contributed by atoms with van der Waals surface area (Å²) in [6, 6.07) is 17.9. The predicted molar refractivity (Wildman–Crippen MR) is 93.9 cm³/mol. The van der Waals surface area contributed by atoms with Crippen LogP contribution in [0.2, 0.25) is 0 Å². The number of carbonyl (C=O) groups excluding carboxylic acids is 1. The average Bonchev–Trinajstić information content (AvgIpc) is 2.96. The van der Waals surface area contributed by atoms with Crippen molar-refractivity contribution in [2.24, 2.45) is 5.10 Å². The summed E-state index contributed by atoms with van der Waals surface area (Å²) in [5.74, 6) is -0.122. The summed E-state index contributed by atoms with van der Waals surface area (Å²) >= 11 is 0. The molecular formula is C18H17N5O2. The highest BCUT2D eigenvalue weighted by atomic mass is 16.5. The maximum absolute atomic E-state index is 12.6. The molecule has 0 aliphatic heterocycles. The quantitative estimate of drug-likeness (QED) is 0.335. The van der Waals surface area contributed by atoms with Gasteiger partial charge in [0.1, 0.15) is 5.75 Å². The Morgan fingerprint density at radius 3 is 2.28 bits per heavy atom. The van der Waals surface area contributed by atoms with Crippen LogP contribution in [0, 0.1) is 13.8 Å². The molecule has 3 rings (SSSR count). The lowest BCUT2D eigenvalue weighted by molar-refractivity contribution is -0.126. The zero-order valence-electron chi connectivity index (χ0n) is 13.9. The number of para-hydroxylation sites is 1. The first-order valence-corrected chi connectivity index (χ1v) is 7.70. The first kappa shape index (κ1) is 16.4. The van der Waals surface area contributed by atoms with Crippen LogP contribution in [-0.4, -0.2) is 26.8 Å². The molecule has 0 saturated heterocycles. The predicted octanol–water partition coefficient (Wildman–Crippen LogP) is 2.45. The molecule has 0 atom stereocenters. The molecule has 0 unspecified atom stereocenters. The molecule has 0 amide bonds. The van der Waals surface area contributed by atoms with E-state index in [0.717, 1.165) is 11.4 Å². The van der Waals surface area contributed by atoms with Crippen LogP contribution in [0.25, 0.3) is 0 Å². The summed E-state index contributed by atoms with van der Waals surface area (Å²) in [6.07, 6.45) is 0. The molecular weight excluding hydrogens is 318 g/mol. The number of hydrogen-bond acceptors (Lipinski definition) is 6. The van der Waals surface area contributed by atoms with E-state index in [0.29, 0.717) is 11.3 Å². The Morgan fingerprint density at radius 1 is 1.04 bits per heavy atom. The van der Waals surface area contributed by atoms with E-state index in [2.05, 4.69) is 20.9 Å². The van der Waals surface area contributed by atoms with Gasteiger partial charge in [0.05, 0.1) is 11.4 Å². The van der Waals surface area contributed by atoms with Crippen LogP contribution in [-0.2, 0) is 4.79 Å². The van der Waals surface area contributed by atoms with E-state index in [-0.39, 0.29) is 5.71 Å². The van der Waals surface area contributed by atoms with Crippen LogP contribution in [0.1, 0.15) is 17.0 Å². The number of ether oxygens (including phenoxy) is 1. The van der Waals surface area contributed by atoms with Crippen molar-refractivity contribution in [3.05, 3.63) is 77.6 Å². The maximum atomic E-state index is 12.6. The van der Waals surface area contributed by atoms with Crippen LogP contribution in [0.3, 0.4) is 0 Å². The Bertz CT molecular complexity index is 888. The van der Waals surface area contributed by atoms with Crippen molar-refractivity contribution in [3.63, 3.8) is 0 Å². The molecule has 1 N–H and O–H groups in total. The van der Waals surface area contributed by atoms with Crippen LogP contribution in [0.4, 0.5) is 0 Å². The van der Waals surface area contributed by atoms with E-state index in [1.165, 1.54) is 4.79 Å². The third kappa shape index (κ3) is 3.89. The smallest absolute Gasteiger partial charge is 0.364 e. The summed E-state index contributed by atoms with van der Waals surface area (Å²) in [5, 5.41) is 12.1. The largest absolute Gasteiger partial charge is 0.422 e.